The van der Waals surface area contributed by atoms with Gasteiger partial charge in [0.25, 0.3) is 0 Å². The summed E-state index contributed by atoms with van der Waals surface area (Å²) in [6, 6.07) is 0.920. The minimum Gasteiger partial charge on any atom is -0.314 e. The Kier molecular flexibility index (Phi) is 2.85. The SMILES string of the molecule is CNC(C)(C)CN(CC1CC1)C1CC1. The van der Waals surface area contributed by atoms with Crippen LogP contribution in [0.1, 0.15) is 39.5 Å². The molecule has 0 spiro atoms. The molecule has 0 heterocycles. The fourth-order valence-electron chi connectivity index (χ4n) is 2.00. The third-order valence-electron chi connectivity index (χ3n) is 3.53. The van der Waals surface area contributed by atoms with Crippen LogP contribution >= 0.6 is 0 Å². The summed E-state index contributed by atoms with van der Waals surface area (Å²) in [7, 11) is 2.07. The second-order valence-corrected chi connectivity index (χ2v) is 5.74. The van der Waals surface area contributed by atoms with E-state index in [1.807, 2.05) is 0 Å². The topological polar surface area (TPSA) is 15.3 Å². The van der Waals surface area contributed by atoms with Gasteiger partial charge in [-0.25, -0.2) is 0 Å². The Morgan fingerprint density at radius 3 is 2.29 bits per heavy atom. The third kappa shape index (κ3) is 2.96. The molecule has 2 rings (SSSR count). The highest BCUT2D eigenvalue weighted by Crippen LogP contribution is 2.35. The molecule has 82 valence electrons. The van der Waals surface area contributed by atoms with Crippen molar-refractivity contribution in [3.63, 3.8) is 0 Å². The van der Waals surface area contributed by atoms with Gasteiger partial charge in [-0.1, -0.05) is 0 Å². The van der Waals surface area contributed by atoms with Crippen LogP contribution in [-0.2, 0) is 0 Å². The summed E-state index contributed by atoms with van der Waals surface area (Å²) >= 11 is 0. The fourth-order valence-corrected chi connectivity index (χ4v) is 2.00. The van der Waals surface area contributed by atoms with Crippen molar-refractivity contribution in [3.8, 4) is 0 Å². The zero-order valence-corrected chi connectivity index (χ0v) is 9.84. The lowest BCUT2D eigenvalue weighted by atomic mass is 10.1. The van der Waals surface area contributed by atoms with E-state index >= 15 is 0 Å². The van der Waals surface area contributed by atoms with Crippen LogP contribution in [0.3, 0.4) is 0 Å². The Hall–Kier alpha value is -0.0800. The first-order valence-electron chi connectivity index (χ1n) is 6.04. The molecule has 2 heteroatoms. The van der Waals surface area contributed by atoms with Crippen molar-refractivity contribution in [1.82, 2.24) is 10.2 Å². The van der Waals surface area contributed by atoms with Crippen LogP contribution in [0, 0.1) is 5.92 Å². The number of hydrogen-bond donors (Lipinski definition) is 1. The Morgan fingerprint density at radius 1 is 1.21 bits per heavy atom. The lowest BCUT2D eigenvalue weighted by molar-refractivity contribution is 0.191. The van der Waals surface area contributed by atoms with Gasteiger partial charge in [0.2, 0.25) is 0 Å². The van der Waals surface area contributed by atoms with Crippen molar-refractivity contribution in [2.24, 2.45) is 5.92 Å². The van der Waals surface area contributed by atoms with Gasteiger partial charge < -0.3 is 5.32 Å². The summed E-state index contributed by atoms with van der Waals surface area (Å²) in [4.78, 5) is 2.72. The molecule has 14 heavy (non-hydrogen) atoms. The molecule has 2 fully saturated rings. The Balaban J connectivity index is 1.82. The molecule has 0 aliphatic heterocycles. The average Bonchev–Trinajstić information content (AvgIpc) is 2.97. The molecule has 0 radical (unpaired) electrons. The average molecular weight is 196 g/mol. The summed E-state index contributed by atoms with van der Waals surface area (Å²) in [6.45, 7) is 7.17. The second-order valence-electron chi connectivity index (χ2n) is 5.74. The van der Waals surface area contributed by atoms with Crippen LogP contribution in [0.15, 0.2) is 0 Å². The van der Waals surface area contributed by atoms with Gasteiger partial charge in [-0.05, 0) is 52.5 Å². The lowest BCUT2D eigenvalue weighted by Crippen LogP contribution is -2.48. The van der Waals surface area contributed by atoms with Gasteiger partial charge in [-0.15, -0.1) is 0 Å². The van der Waals surface area contributed by atoms with Crippen LogP contribution in [0.5, 0.6) is 0 Å². The van der Waals surface area contributed by atoms with Crippen LogP contribution in [0.4, 0.5) is 0 Å². The molecular formula is C12H24N2. The van der Waals surface area contributed by atoms with Crippen molar-refractivity contribution in [2.75, 3.05) is 20.1 Å². The molecular weight excluding hydrogens is 172 g/mol. The van der Waals surface area contributed by atoms with Gasteiger partial charge in [0.1, 0.15) is 0 Å². The summed E-state index contributed by atoms with van der Waals surface area (Å²) in [6.07, 6.45) is 5.82. The van der Waals surface area contributed by atoms with Gasteiger partial charge in [0.05, 0.1) is 0 Å². The zero-order valence-electron chi connectivity index (χ0n) is 9.84. The van der Waals surface area contributed by atoms with Gasteiger partial charge in [-0.3, -0.25) is 4.90 Å². The first-order chi connectivity index (χ1) is 6.61. The van der Waals surface area contributed by atoms with Gasteiger partial charge in [-0.2, -0.15) is 0 Å². The molecule has 2 aliphatic carbocycles. The van der Waals surface area contributed by atoms with Crippen molar-refractivity contribution in [3.05, 3.63) is 0 Å². The Labute approximate surface area is 88.1 Å². The van der Waals surface area contributed by atoms with E-state index in [0.717, 1.165) is 12.0 Å². The van der Waals surface area contributed by atoms with E-state index in [2.05, 4.69) is 31.1 Å². The predicted molar refractivity (Wildman–Crippen MR) is 60.5 cm³/mol. The zero-order chi connectivity index (χ0) is 10.2. The summed E-state index contributed by atoms with van der Waals surface area (Å²) in [5.41, 5.74) is 0.275. The minimum absolute atomic E-state index is 0.275. The minimum atomic E-state index is 0.275. The first-order valence-corrected chi connectivity index (χ1v) is 6.04. The molecule has 0 atom stereocenters. The van der Waals surface area contributed by atoms with E-state index in [-0.39, 0.29) is 5.54 Å². The lowest BCUT2D eigenvalue weighted by Gasteiger charge is -2.32. The van der Waals surface area contributed by atoms with Crippen molar-refractivity contribution >= 4 is 0 Å². The number of nitrogens with zero attached hydrogens (tertiary/aromatic N) is 1. The molecule has 2 aliphatic rings. The van der Waals surface area contributed by atoms with E-state index in [1.54, 1.807) is 0 Å². The molecule has 0 unspecified atom stereocenters. The van der Waals surface area contributed by atoms with E-state index in [0.29, 0.717) is 0 Å². The van der Waals surface area contributed by atoms with Gasteiger partial charge >= 0.3 is 0 Å². The van der Waals surface area contributed by atoms with Crippen LogP contribution in [-0.4, -0.2) is 36.6 Å². The molecule has 2 saturated carbocycles. The monoisotopic (exact) mass is 196 g/mol. The molecule has 2 nitrogen and oxygen atoms in total. The van der Waals surface area contributed by atoms with E-state index < -0.39 is 0 Å². The predicted octanol–water partition coefficient (Wildman–Crippen LogP) is 1.86. The highest BCUT2D eigenvalue weighted by molar-refractivity contribution is 4.92. The number of nitrogens with one attached hydrogen (secondary N) is 1. The standard InChI is InChI=1S/C12H24N2/c1-12(2,13-3)9-14(11-6-7-11)8-10-4-5-10/h10-11,13H,4-9H2,1-3H3. The molecule has 0 aromatic carbocycles. The number of rotatable bonds is 6. The highest BCUT2D eigenvalue weighted by atomic mass is 15.2. The number of likely N-dealkylation sites (N-methyl/N-ethyl adjacent to an activating group) is 1. The second kappa shape index (κ2) is 3.82. The van der Waals surface area contributed by atoms with Gasteiger partial charge in [0, 0.05) is 24.7 Å². The van der Waals surface area contributed by atoms with Gasteiger partial charge in [0.15, 0.2) is 0 Å². The summed E-state index contributed by atoms with van der Waals surface area (Å²) < 4.78 is 0. The maximum Gasteiger partial charge on any atom is 0.0249 e. The van der Waals surface area contributed by atoms with Crippen molar-refractivity contribution < 1.29 is 0 Å². The molecule has 0 saturated heterocycles. The largest absolute Gasteiger partial charge is 0.314 e. The molecule has 0 bridgehead atoms. The summed E-state index contributed by atoms with van der Waals surface area (Å²) in [5, 5.41) is 3.41. The van der Waals surface area contributed by atoms with Crippen molar-refractivity contribution in [1.29, 1.82) is 0 Å². The first kappa shape index (κ1) is 10.4. The van der Waals surface area contributed by atoms with E-state index in [4.69, 9.17) is 0 Å². The molecule has 1 N–H and O–H groups in total. The smallest absolute Gasteiger partial charge is 0.0249 e. The number of hydrogen-bond acceptors (Lipinski definition) is 2. The van der Waals surface area contributed by atoms with E-state index in [1.165, 1.54) is 38.8 Å². The summed E-state index contributed by atoms with van der Waals surface area (Å²) in [5.74, 6) is 1.03. The fraction of sp³-hybridized carbons (Fsp3) is 1.00. The van der Waals surface area contributed by atoms with E-state index in [9.17, 15) is 0 Å². The van der Waals surface area contributed by atoms with Crippen LogP contribution in [0.25, 0.3) is 0 Å². The maximum absolute atomic E-state index is 3.41. The molecule has 0 aromatic rings. The Morgan fingerprint density at radius 2 is 1.86 bits per heavy atom. The Bertz CT molecular complexity index is 192. The quantitative estimate of drug-likeness (QED) is 0.697. The van der Waals surface area contributed by atoms with Crippen LogP contribution in [0.2, 0.25) is 0 Å². The molecule has 0 amide bonds. The third-order valence-corrected chi connectivity index (χ3v) is 3.53. The van der Waals surface area contributed by atoms with Crippen molar-refractivity contribution in [2.45, 2.75) is 51.1 Å². The normalized spacial score (nSPS) is 23.1. The maximum atomic E-state index is 3.41. The molecule has 0 aromatic heterocycles. The highest BCUT2D eigenvalue weighted by Gasteiger charge is 2.35. The van der Waals surface area contributed by atoms with Crippen LogP contribution < -0.4 is 5.32 Å².